The molecule has 1 aromatic carbocycles. The number of hydrogen-bond donors (Lipinski definition) is 1. The Morgan fingerprint density at radius 3 is 2.21 bits per heavy atom. The van der Waals surface area contributed by atoms with Crippen LogP contribution in [0.2, 0.25) is 0 Å². The van der Waals surface area contributed by atoms with Crippen LogP contribution in [0, 0.1) is 11.6 Å². The first-order valence-corrected chi connectivity index (χ1v) is 6.96. The second kappa shape index (κ2) is 8.23. The summed E-state index contributed by atoms with van der Waals surface area (Å²) in [5.41, 5.74) is 0.674. The van der Waals surface area contributed by atoms with E-state index in [1.165, 1.54) is 12.1 Å². The van der Waals surface area contributed by atoms with Gasteiger partial charge in [0.05, 0.1) is 0 Å². The molecule has 0 saturated carbocycles. The predicted molar refractivity (Wildman–Crippen MR) is 75.2 cm³/mol. The first-order chi connectivity index (χ1) is 9.10. The van der Waals surface area contributed by atoms with Crippen molar-refractivity contribution in [2.45, 2.75) is 32.7 Å². The molecular weight excluding hydrogens is 246 g/mol. The van der Waals surface area contributed by atoms with E-state index in [0.717, 1.165) is 38.5 Å². The molecule has 0 spiro atoms. The largest absolute Gasteiger partial charge is 0.313 e. The van der Waals surface area contributed by atoms with Gasteiger partial charge in [0, 0.05) is 12.1 Å². The van der Waals surface area contributed by atoms with Gasteiger partial charge in [-0.1, -0.05) is 13.8 Å². The van der Waals surface area contributed by atoms with E-state index in [4.69, 9.17) is 0 Å². The van der Waals surface area contributed by atoms with Crippen molar-refractivity contribution in [2.75, 3.05) is 26.7 Å². The van der Waals surface area contributed by atoms with Crippen LogP contribution in [-0.4, -0.2) is 31.6 Å². The standard InChI is InChI=1S/C15H24F2N2/c1-4-7-19(5-2)8-6-15(18-3)12-9-13(16)11-14(17)10-12/h9-11,15,18H,4-8H2,1-3H3. The second-order valence-electron chi connectivity index (χ2n) is 4.77. The summed E-state index contributed by atoms with van der Waals surface area (Å²) >= 11 is 0. The van der Waals surface area contributed by atoms with Gasteiger partial charge in [-0.2, -0.15) is 0 Å². The minimum atomic E-state index is -0.517. The molecule has 0 aromatic heterocycles. The predicted octanol–water partition coefficient (Wildman–Crippen LogP) is 3.35. The molecular formula is C15H24F2N2. The molecule has 0 amide bonds. The minimum absolute atomic E-state index is 0.0175. The minimum Gasteiger partial charge on any atom is -0.313 e. The molecule has 0 heterocycles. The molecule has 1 unspecified atom stereocenters. The van der Waals surface area contributed by atoms with Gasteiger partial charge in [-0.3, -0.25) is 0 Å². The maximum Gasteiger partial charge on any atom is 0.126 e. The summed E-state index contributed by atoms with van der Waals surface area (Å²) in [6, 6.07) is 3.70. The highest BCUT2D eigenvalue weighted by Gasteiger charge is 2.13. The summed E-state index contributed by atoms with van der Waals surface area (Å²) < 4.78 is 26.5. The molecule has 0 saturated heterocycles. The van der Waals surface area contributed by atoms with Gasteiger partial charge in [-0.15, -0.1) is 0 Å². The first-order valence-electron chi connectivity index (χ1n) is 6.96. The maximum atomic E-state index is 13.2. The number of halogens is 2. The number of benzene rings is 1. The van der Waals surface area contributed by atoms with Crippen molar-refractivity contribution in [1.29, 1.82) is 0 Å². The lowest BCUT2D eigenvalue weighted by atomic mass is 10.0. The number of hydrogen-bond acceptors (Lipinski definition) is 2. The van der Waals surface area contributed by atoms with E-state index in [0.29, 0.717) is 5.56 Å². The lowest BCUT2D eigenvalue weighted by Gasteiger charge is -2.23. The topological polar surface area (TPSA) is 15.3 Å². The molecule has 0 aliphatic heterocycles. The Morgan fingerprint density at radius 2 is 1.74 bits per heavy atom. The van der Waals surface area contributed by atoms with Crippen LogP contribution in [-0.2, 0) is 0 Å². The van der Waals surface area contributed by atoms with Crippen LogP contribution in [0.1, 0.15) is 38.3 Å². The molecule has 1 rings (SSSR count). The van der Waals surface area contributed by atoms with E-state index in [1.807, 2.05) is 7.05 Å². The summed E-state index contributed by atoms with van der Waals surface area (Å²) in [5, 5.41) is 3.13. The Labute approximate surface area is 114 Å². The number of nitrogens with one attached hydrogen (secondary N) is 1. The molecule has 1 aromatic rings. The lowest BCUT2D eigenvalue weighted by molar-refractivity contribution is 0.271. The first kappa shape index (κ1) is 16.1. The van der Waals surface area contributed by atoms with Crippen LogP contribution >= 0.6 is 0 Å². The van der Waals surface area contributed by atoms with Crippen molar-refractivity contribution in [1.82, 2.24) is 10.2 Å². The van der Waals surface area contributed by atoms with Crippen LogP contribution in [0.3, 0.4) is 0 Å². The van der Waals surface area contributed by atoms with Crippen LogP contribution < -0.4 is 5.32 Å². The summed E-state index contributed by atoms with van der Waals surface area (Å²) in [7, 11) is 1.82. The van der Waals surface area contributed by atoms with Crippen molar-refractivity contribution < 1.29 is 8.78 Å². The van der Waals surface area contributed by atoms with Crippen molar-refractivity contribution in [2.24, 2.45) is 0 Å². The SMILES string of the molecule is CCCN(CC)CCC(NC)c1cc(F)cc(F)c1. The highest BCUT2D eigenvalue weighted by atomic mass is 19.1. The zero-order valence-corrected chi connectivity index (χ0v) is 12.0. The Morgan fingerprint density at radius 1 is 1.11 bits per heavy atom. The molecule has 108 valence electrons. The van der Waals surface area contributed by atoms with Crippen LogP contribution in [0.4, 0.5) is 8.78 Å². The van der Waals surface area contributed by atoms with Crippen molar-refractivity contribution in [3.63, 3.8) is 0 Å². The average molecular weight is 270 g/mol. The molecule has 19 heavy (non-hydrogen) atoms. The molecule has 0 aliphatic carbocycles. The van der Waals surface area contributed by atoms with E-state index in [2.05, 4.69) is 24.1 Å². The third-order valence-electron chi connectivity index (χ3n) is 3.36. The Kier molecular flexibility index (Phi) is 6.95. The molecule has 1 N–H and O–H groups in total. The Balaban J connectivity index is 2.66. The van der Waals surface area contributed by atoms with Gasteiger partial charge < -0.3 is 10.2 Å². The smallest absolute Gasteiger partial charge is 0.126 e. The molecule has 0 radical (unpaired) electrons. The highest BCUT2D eigenvalue weighted by Crippen LogP contribution is 2.19. The fraction of sp³-hybridized carbons (Fsp3) is 0.600. The molecule has 0 fully saturated rings. The van der Waals surface area contributed by atoms with Gasteiger partial charge in [-0.25, -0.2) is 8.78 Å². The summed E-state index contributed by atoms with van der Waals surface area (Å²) in [6.07, 6.45) is 1.96. The van der Waals surface area contributed by atoms with Gasteiger partial charge in [0.25, 0.3) is 0 Å². The Hall–Kier alpha value is -1.00. The fourth-order valence-corrected chi connectivity index (χ4v) is 2.31. The van der Waals surface area contributed by atoms with Crippen molar-refractivity contribution in [3.8, 4) is 0 Å². The fourth-order valence-electron chi connectivity index (χ4n) is 2.31. The lowest BCUT2D eigenvalue weighted by Crippen LogP contribution is -2.29. The zero-order chi connectivity index (χ0) is 14.3. The van der Waals surface area contributed by atoms with E-state index >= 15 is 0 Å². The zero-order valence-electron chi connectivity index (χ0n) is 12.0. The van der Waals surface area contributed by atoms with Gasteiger partial charge in [0.15, 0.2) is 0 Å². The summed E-state index contributed by atoms with van der Waals surface area (Å²) in [5.74, 6) is -1.03. The Bertz CT molecular complexity index is 362. The average Bonchev–Trinajstić information content (AvgIpc) is 2.37. The monoisotopic (exact) mass is 270 g/mol. The highest BCUT2D eigenvalue weighted by molar-refractivity contribution is 5.21. The molecule has 4 heteroatoms. The van der Waals surface area contributed by atoms with Gasteiger partial charge in [-0.05, 0) is 57.2 Å². The van der Waals surface area contributed by atoms with Crippen LogP contribution in [0.25, 0.3) is 0 Å². The second-order valence-corrected chi connectivity index (χ2v) is 4.77. The summed E-state index contributed by atoms with van der Waals surface area (Å²) in [6.45, 7) is 7.27. The van der Waals surface area contributed by atoms with Gasteiger partial charge >= 0.3 is 0 Å². The molecule has 2 nitrogen and oxygen atoms in total. The molecule has 0 aliphatic rings. The van der Waals surface area contributed by atoms with E-state index in [-0.39, 0.29) is 6.04 Å². The van der Waals surface area contributed by atoms with Crippen LogP contribution in [0.15, 0.2) is 18.2 Å². The maximum absolute atomic E-state index is 13.2. The van der Waals surface area contributed by atoms with Gasteiger partial charge in [0.2, 0.25) is 0 Å². The number of rotatable bonds is 8. The third-order valence-corrected chi connectivity index (χ3v) is 3.36. The third kappa shape index (κ3) is 5.25. The van der Waals surface area contributed by atoms with E-state index < -0.39 is 11.6 Å². The van der Waals surface area contributed by atoms with Crippen molar-refractivity contribution in [3.05, 3.63) is 35.4 Å². The molecule has 1 atom stereocenters. The number of nitrogens with zero attached hydrogens (tertiary/aromatic N) is 1. The van der Waals surface area contributed by atoms with Crippen LogP contribution in [0.5, 0.6) is 0 Å². The van der Waals surface area contributed by atoms with Crippen molar-refractivity contribution >= 4 is 0 Å². The van der Waals surface area contributed by atoms with E-state index in [1.54, 1.807) is 0 Å². The van der Waals surface area contributed by atoms with Gasteiger partial charge in [0.1, 0.15) is 11.6 Å². The normalized spacial score (nSPS) is 12.9. The quantitative estimate of drug-likeness (QED) is 0.779. The molecule has 0 bridgehead atoms. The van der Waals surface area contributed by atoms with E-state index in [9.17, 15) is 8.78 Å². The summed E-state index contributed by atoms with van der Waals surface area (Å²) in [4.78, 5) is 2.35.